The molecule has 4 rings (SSSR count). The van der Waals surface area contributed by atoms with Gasteiger partial charge in [-0.25, -0.2) is 14.6 Å². The van der Waals surface area contributed by atoms with Crippen LogP contribution in [0.5, 0.6) is 5.75 Å². The third-order valence-electron chi connectivity index (χ3n) is 5.59. The molecule has 1 aliphatic rings. The maximum atomic E-state index is 12.3. The molecule has 2 N–H and O–H groups in total. The van der Waals surface area contributed by atoms with Crippen LogP contribution in [-0.2, 0) is 6.42 Å². The topological polar surface area (TPSA) is 129 Å². The van der Waals surface area contributed by atoms with Crippen LogP contribution in [0.25, 0.3) is 11.0 Å². The second-order valence-corrected chi connectivity index (χ2v) is 10.8. The SMILES string of the molecule is CCc1noc2cc(OCCCCCN3C=CN(c4ccnc(Cl)c4)S3(C(=O)O)C(=O)O)ccc12. The Kier molecular flexibility index (Phi) is 7.37. The summed E-state index contributed by atoms with van der Waals surface area (Å²) in [7, 11) is -3.45. The van der Waals surface area contributed by atoms with E-state index in [-0.39, 0.29) is 11.7 Å². The lowest BCUT2D eigenvalue weighted by Crippen LogP contribution is -2.39. The minimum absolute atomic E-state index is 0.145. The molecule has 186 valence electrons. The largest absolute Gasteiger partial charge is 0.493 e. The average molecular weight is 521 g/mol. The van der Waals surface area contributed by atoms with Crippen molar-refractivity contribution < 1.29 is 29.1 Å². The molecule has 0 radical (unpaired) electrons. The monoisotopic (exact) mass is 520 g/mol. The van der Waals surface area contributed by atoms with Crippen molar-refractivity contribution in [2.24, 2.45) is 0 Å². The highest BCUT2D eigenvalue weighted by Crippen LogP contribution is 2.61. The highest BCUT2D eigenvalue weighted by atomic mass is 35.5. The van der Waals surface area contributed by atoms with Crippen molar-refractivity contribution in [3.8, 4) is 5.75 Å². The predicted octanol–water partition coefficient (Wildman–Crippen LogP) is 6.27. The van der Waals surface area contributed by atoms with Gasteiger partial charge < -0.3 is 23.8 Å². The van der Waals surface area contributed by atoms with E-state index in [9.17, 15) is 19.8 Å². The Hall–Kier alpha value is -3.44. The molecule has 1 aromatic carbocycles. The molecule has 0 unspecified atom stereocenters. The molecule has 0 spiro atoms. The molecule has 3 aromatic rings. The molecule has 0 atom stereocenters. The lowest BCUT2D eigenvalue weighted by Gasteiger charge is -2.42. The highest BCUT2D eigenvalue weighted by molar-refractivity contribution is 8.54. The summed E-state index contributed by atoms with van der Waals surface area (Å²) in [6.45, 7) is 2.75. The van der Waals surface area contributed by atoms with E-state index in [0.29, 0.717) is 30.0 Å². The van der Waals surface area contributed by atoms with E-state index in [0.717, 1.165) is 30.3 Å². The molecule has 0 saturated carbocycles. The van der Waals surface area contributed by atoms with Gasteiger partial charge >= 0.3 is 10.6 Å². The first kappa shape index (κ1) is 24.7. The number of carboxylic acid groups (broad SMARTS) is 2. The van der Waals surface area contributed by atoms with Crippen LogP contribution >= 0.6 is 22.0 Å². The van der Waals surface area contributed by atoms with Gasteiger partial charge in [-0.05, 0) is 43.9 Å². The van der Waals surface area contributed by atoms with Gasteiger partial charge in [-0.1, -0.05) is 23.7 Å². The number of hydrogen-bond acceptors (Lipinski definition) is 8. The van der Waals surface area contributed by atoms with E-state index in [1.165, 1.54) is 39.3 Å². The van der Waals surface area contributed by atoms with E-state index in [2.05, 4.69) is 10.1 Å². The van der Waals surface area contributed by atoms with Crippen molar-refractivity contribution in [1.82, 2.24) is 14.4 Å². The summed E-state index contributed by atoms with van der Waals surface area (Å²) >= 11 is 5.94. The first-order valence-electron chi connectivity index (χ1n) is 11.0. The first-order valence-corrected chi connectivity index (χ1v) is 13.0. The molecule has 2 aromatic heterocycles. The summed E-state index contributed by atoms with van der Waals surface area (Å²) < 4.78 is 13.8. The summed E-state index contributed by atoms with van der Waals surface area (Å²) in [6, 6.07) is 8.60. The van der Waals surface area contributed by atoms with Crippen molar-refractivity contribution in [1.29, 1.82) is 0 Å². The van der Waals surface area contributed by atoms with E-state index in [1.807, 2.05) is 25.1 Å². The van der Waals surface area contributed by atoms with Gasteiger partial charge in [0.05, 0.1) is 18.0 Å². The second-order valence-electron chi connectivity index (χ2n) is 7.73. The van der Waals surface area contributed by atoms with Crippen LogP contribution in [-0.4, -0.2) is 48.4 Å². The number of unbranched alkanes of at least 4 members (excludes halogenated alkanes) is 2. The van der Waals surface area contributed by atoms with Gasteiger partial charge in [0, 0.05) is 42.7 Å². The molecular formula is C23H25ClN4O6S. The van der Waals surface area contributed by atoms with Crippen LogP contribution < -0.4 is 9.04 Å². The normalized spacial score (nSPS) is 15.5. The lowest BCUT2D eigenvalue weighted by molar-refractivity contribution is 0.213. The van der Waals surface area contributed by atoms with Crippen molar-refractivity contribution in [3.63, 3.8) is 0 Å². The Morgan fingerprint density at radius 1 is 1.11 bits per heavy atom. The number of aromatic nitrogens is 2. The number of nitrogens with zero attached hydrogens (tertiary/aromatic N) is 4. The number of halogens is 1. The third-order valence-corrected chi connectivity index (χ3v) is 8.65. The number of rotatable bonds is 9. The molecular weight excluding hydrogens is 496 g/mol. The van der Waals surface area contributed by atoms with Crippen molar-refractivity contribution in [3.05, 3.63) is 59.8 Å². The minimum Gasteiger partial charge on any atom is -0.493 e. The van der Waals surface area contributed by atoms with Crippen LogP contribution in [0.15, 0.2) is 53.5 Å². The Balaban J connectivity index is 1.33. The fourth-order valence-corrected chi connectivity index (χ4v) is 6.45. The zero-order chi connectivity index (χ0) is 25.0. The zero-order valence-electron chi connectivity index (χ0n) is 19.0. The number of anilines is 1. The van der Waals surface area contributed by atoms with E-state index in [1.54, 1.807) is 0 Å². The van der Waals surface area contributed by atoms with Crippen molar-refractivity contribution in [2.75, 3.05) is 17.5 Å². The first-order chi connectivity index (χ1) is 16.9. The fourth-order valence-electron chi connectivity index (χ4n) is 3.89. The average Bonchev–Trinajstić information content (AvgIpc) is 3.43. The molecule has 3 heterocycles. The van der Waals surface area contributed by atoms with Gasteiger partial charge in [0.2, 0.25) is 0 Å². The summed E-state index contributed by atoms with van der Waals surface area (Å²) in [5.41, 5.74) is 1.95. The van der Waals surface area contributed by atoms with Crippen LogP contribution in [0.4, 0.5) is 15.3 Å². The van der Waals surface area contributed by atoms with Crippen LogP contribution in [0.3, 0.4) is 0 Å². The van der Waals surface area contributed by atoms with E-state index >= 15 is 0 Å². The number of fused-ring (bicyclic) bond motifs is 1. The van der Waals surface area contributed by atoms with Crippen LogP contribution in [0.2, 0.25) is 5.15 Å². The van der Waals surface area contributed by atoms with Gasteiger partial charge in [0.15, 0.2) is 5.58 Å². The Morgan fingerprint density at radius 3 is 2.63 bits per heavy atom. The van der Waals surface area contributed by atoms with E-state index < -0.39 is 21.0 Å². The van der Waals surface area contributed by atoms with Gasteiger partial charge in [0.1, 0.15) is 21.3 Å². The fraction of sp³-hybridized carbons (Fsp3) is 0.304. The van der Waals surface area contributed by atoms with E-state index in [4.69, 9.17) is 20.9 Å². The molecule has 0 bridgehead atoms. The number of hydrogen-bond donors (Lipinski definition) is 2. The van der Waals surface area contributed by atoms with Crippen molar-refractivity contribution in [2.45, 2.75) is 32.6 Å². The molecule has 0 amide bonds. The molecule has 0 aliphatic carbocycles. The number of carbonyl (C=O) groups is 2. The summed E-state index contributed by atoms with van der Waals surface area (Å²) in [5.74, 6) is 0.686. The summed E-state index contributed by atoms with van der Waals surface area (Å²) in [5, 5.41) is 22.4. The third kappa shape index (κ3) is 4.73. The second kappa shape index (κ2) is 10.4. The highest BCUT2D eigenvalue weighted by Gasteiger charge is 2.53. The zero-order valence-corrected chi connectivity index (χ0v) is 20.5. The Labute approximate surface area is 208 Å². The maximum Gasteiger partial charge on any atom is 0.393 e. The maximum absolute atomic E-state index is 12.3. The predicted molar refractivity (Wildman–Crippen MR) is 134 cm³/mol. The summed E-state index contributed by atoms with van der Waals surface area (Å²) in [6.07, 6.45) is 7.22. The molecule has 1 aliphatic heterocycles. The van der Waals surface area contributed by atoms with Gasteiger partial charge in [0.25, 0.3) is 0 Å². The molecule has 35 heavy (non-hydrogen) atoms. The van der Waals surface area contributed by atoms with Crippen LogP contribution in [0.1, 0.15) is 31.9 Å². The van der Waals surface area contributed by atoms with Crippen LogP contribution in [0, 0.1) is 0 Å². The summed E-state index contributed by atoms with van der Waals surface area (Å²) in [4.78, 5) is 28.5. The lowest BCUT2D eigenvalue weighted by atomic mass is 10.2. The van der Waals surface area contributed by atoms with Gasteiger partial charge in [-0.2, -0.15) is 0 Å². The number of benzene rings is 1. The van der Waals surface area contributed by atoms with Gasteiger partial charge in [-0.3, -0.25) is 4.31 Å². The molecule has 10 nitrogen and oxygen atoms in total. The quantitative estimate of drug-likeness (QED) is 0.246. The Bertz CT molecular complexity index is 1250. The Morgan fingerprint density at radius 2 is 1.91 bits per heavy atom. The number of pyridine rings is 1. The smallest absolute Gasteiger partial charge is 0.393 e. The molecule has 12 heteroatoms. The number of ether oxygens (including phenoxy) is 1. The molecule has 0 saturated heterocycles. The minimum atomic E-state index is -3.45. The number of aryl methyl sites for hydroxylation is 1. The van der Waals surface area contributed by atoms with Crippen molar-refractivity contribution >= 4 is 49.3 Å². The van der Waals surface area contributed by atoms with Gasteiger partial charge in [-0.15, -0.1) is 0 Å². The standard InChI is InChI=1S/C23H25ClN4O6S/c1-2-19-18-7-6-17(15-20(18)34-26-19)33-13-5-3-4-10-27-11-12-28(16-8-9-25-21(24)14-16)35(27,22(29)30)23(31)32/h6-9,11-12,14-15H,2-5,10,13H2,1H3,(H,29,30)(H,31,32). The molecule has 0 fully saturated rings.